The second kappa shape index (κ2) is 1.97. The van der Waals surface area contributed by atoms with Crippen LogP contribution in [0.4, 0.5) is 4.39 Å². The highest BCUT2D eigenvalue weighted by Gasteiger charge is 2.12. The van der Waals surface area contributed by atoms with Crippen molar-refractivity contribution in [2.24, 2.45) is 0 Å². The van der Waals surface area contributed by atoms with Gasteiger partial charge in [-0.3, -0.25) is 0 Å². The van der Waals surface area contributed by atoms with Crippen LogP contribution >= 0.6 is 0 Å². The Kier molecular flexibility index (Phi) is 1.13. The molecule has 1 aliphatic rings. The summed E-state index contributed by atoms with van der Waals surface area (Å²) < 4.78 is 17.4. The number of halogens is 1. The maximum absolute atomic E-state index is 12.5. The third-order valence-corrected chi connectivity index (χ3v) is 1.47. The summed E-state index contributed by atoms with van der Waals surface area (Å²) in [6.45, 7) is 2.65. The molecule has 0 spiro atoms. The summed E-state index contributed by atoms with van der Waals surface area (Å²) in [4.78, 5) is 0. The monoisotopic (exact) mass is 136 g/mol. The molecule has 0 amide bonds. The van der Waals surface area contributed by atoms with Crippen molar-refractivity contribution < 1.29 is 9.13 Å². The molecule has 0 saturated heterocycles. The minimum atomic E-state index is -0.217. The van der Waals surface area contributed by atoms with E-state index >= 15 is 0 Å². The Bertz CT molecular complexity index is 257. The van der Waals surface area contributed by atoms with Gasteiger partial charge >= 0.3 is 0 Å². The van der Waals surface area contributed by atoms with Crippen molar-refractivity contribution in [1.29, 1.82) is 0 Å². The molecule has 1 nitrogen and oxygen atoms in total. The van der Waals surface area contributed by atoms with E-state index in [1.807, 2.05) is 0 Å². The molecule has 1 aromatic carbocycles. The molecule has 0 aliphatic carbocycles. The molecular weight excluding hydrogens is 131 g/mol. The van der Waals surface area contributed by atoms with Gasteiger partial charge in [0, 0.05) is 12.0 Å². The summed E-state index contributed by atoms with van der Waals surface area (Å²) in [6, 6.07) is 4.46. The quantitative estimate of drug-likeness (QED) is 0.528. The van der Waals surface area contributed by atoms with Crippen molar-refractivity contribution in [3.05, 3.63) is 36.2 Å². The highest BCUT2D eigenvalue weighted by Crippen LogP contribution is 2.26. The summed E-state index contributed by atoms with van der Waals surface area (Å²) in [6.07, 6.45) is 0.590. The summed E-state index contributed by atoms with van der Waals surface area (Å²) in [5, 5.41) is 0. The van der Waals surface area contributed by atoms with E-state index in [9.17, 15) is 4.39 Å². The van der Waals surface area contributed by atoms with Crippen molar-refractivity contribution in [2.45, 2.75) is 6.42 Å². The standard InChI is InChI=1S/C8H5FO/c9-7-1-2-8-6(5-7)3-4-10-8/h1-2,5H,3H2. The van der Waals surface area contributed by atoms with Gasteiger partial charge in [0.2, 0.25) is 6.61 Å². The third-order valence-electron chi connectivity index (χ3n) is 1.47. The zero-order chi connectivity index (χ0) is 6.97. The number of hydrogen-bond acceptors (Lipinski definition) is 1. The lowest BCUT2D eigenvalue weighted by Gasteiger charge is -1.95. The van der Waals surface area contributed by atoms with Gasteiger partial charge in [-0.25, -0.2) is 4.39 Å². The van der Waals surface area contributed by atoms with Gasteiger partial charge in [0.15, 0.2) is 0 Å². The van der Waals surface area contributed by atoms with Crippen LogP contribution in [0.5, 0.6) is 5.75 Å². The minimum Gasteiger partial charge on any atom is -0.478 e. The Labute approximate surface area is 58.4 Å². The second-order valence-corrected chi connectivity index (χ2v) is 2.18. The molecule has 0 bridgehead atoms. The molecule has 2 heteroatoms. The van der Waals surface area contributed by atoms with Crippen LogP contribution in [0.25, 0.3) is 0 Å². The first-order chi connectivity index (χ1) is 4.86. The number of fused-ring (bicyclic) bond motifs is 1. The molecule has 0 aromatic heterocycles. The summed E-state index contributed by atoms with van der Waals surface area (Å²) in [7, 11) is 0. The van der Waals surface area contributed by atoms with Crippen LogP contribution in [0.15, 0.2) is 18.2 Å². The van der Waals surface area contributed by atoms with Gasteiger partial charge in [-0.15, -0.1) is 0 Å². The van der Waals surface area contributed by atoms with Crippen molar-refractivity contribution in [3.63, 3.8) is 0 Å². The van der Waals surface area contributed by atoms with Crippen LogP contribution in [-0.4, -0.2) is 0 Å². The Morgan fingerprint density at radius 1 is 1.50 bits per heavy atom. The lowest BCUT2D eigenvalue weighted by atomic mass is 10.2. The van der Waals surface area contributed by atoms with Gasteiger partial charge in [0.25, 0.3) is 0 Å². The van der Waals surface area contributed by atoms with Crippen LogP contribution in [0, 0.1) is 12.4 Å². The Hall–Kier alpha value is -1.05. The Balaban J connectivity index is 2.52. The molecule has 0 saturated carbocycles. The molecule has 0 N–H and O–H groups in total. The van der Waals surface area contributed by atoms with Crippen LogP contribution in [0.1, 0.15) is 5.56 Å². The van der Waals surface area contributed by atoms with Gasteiger partial charge in [-0.05, 0) is 18.2 Å². The van der Waals surface area contributed by atoms with E-state index in [1.165, 1.54) is 12.1 Å². The highest BCUT2D eigenvalue weighted by molar-refractivity contribution is 5.38. The molecule has 1 heterocycles. The smallest absolute Gasteiger partial charge is 0.201 e. The first-order valence-corrected chi connectivity index (χ1v) is 3.04. The lowest BCUT2D eigenvalue weighted by molar-refractivity contribution is 0.434. The molecule has 50 valence electrons. The van der Waals surface area contributed by atoms with E-state index in [-0.39, 0.29) is 5.82 Å². The van der Waals surface area contributed by atoms with E-state index in [1.54, 1.807) is 6.07 Å². The van der Waals surface area contributed by atoms with Gasteiger partial charge in [0.1, 0.15) is 11.6 Å². The van der Waals surface area contributed by atoms with E-state index in [0.29, 0.717) is 6.42 Å². The topological polar surface area (TPSA) is 9.23 Å². The number of hydrogen-bond donors (Lipinski definition) is 0. The van der Waals surface area contributed by atoms with Gasteiger partial charge < -0.3 is 4.74 Å². The van der Waals surface area contributed by atoms with Crippen molar-refractivity contribution in [1.82, 2.24) is 0 Å². The Morgan fingerprint density at radius 2 is 2.40 bits per heavy atom. The highest BCUT2D eigenvalue weighted by atomic mass is 19.1. The first-order valence-electron chi connectivity index (χ1n) is 3.04. The number of ether oxygens (including phenoxy) is 1. The minimum absolute atomic E-state index is 0.217. The molecular formula is C8H5FO. The fourth-order valence-corrected chi connectivity index (χ4v) is 0.977. The fourth-order valence-electron chi connectivity index (χ4n) is 0.977. The van der Waals surface area contributed by atoms with Crippen LogP contribution in [-0.2, 0) is 6.42 Å². The maximum atomic E-state index is 12.5. The van der Waals surface area contributed by atoms with E-state index in [2.05, 4.69) is 6.61 Å². The van der Waals surface area contributed by atoms with Crippen LogP contribution < -0.4 is 4.74 Å². The third kappa shape index (κ3) is 0.764. The van der Waals surface area contributed by atoms with E-state index in [4.69, 9.17) is 4.74 Å². The molecule has 0 atom stereocenters. The van der Waals surface area contributed by atoms with Gasteiger partial charge in [-0.1, -0.05) is 0 Å². The van der Waals surface area contributed by atoms with Crippen LogP contribution in [0.2, 0.25) is 0 Å². The molecule has 1 aliphatic heterocycles. The SMILES string of the molecule is Fc1ccc2c(c1)C[C]O2. The summed E-state index contributed by atoms with van der Waals surface area (Å²) >= 11 is 0. The lowest BCUT2D eigenvalue weighted by Crippen LogP contribution is -1.78. The zero-order valence-corrected chi connectivity index (χ0v) is 5.23. The summed E-state index contributed by atoms with van der Waals surface area (Å²) in [5.74, 6) is 0.507. The molecule has 2 rings (SSSR count). The fraction of sp³-hybridized carbons (Fsp3) is 0.125. The average molecular weight is 136 g/mol. The van der Waals surface area contributed by atoms with E-state index in [0.717, 1.165) is 11.3 Å². The Morgan fingerprint density at radius 3 is 3.30 bits per heavy atom. The summed E-state index contributed by atoms with van der Waals surface area (Å²) in [5.41, 5.74) is 0.875. The van der Waals surface area contributed by atoms with E-state index < -0.39 is 0 Å². The predicted octanol–water partition coefficient (Wildman–Crippen LogP) is 1.80. The normalized spacial score (nSPS) is 14.5. The number of rotatable bonds is 0. The molecule has 0 fully saturated rings. The predicted molar refractivity (Wildman–Crippen MR) is 34.0 cm³/mol. The van der Waals surface area contributed by atoms with Crippen molar-refractivity contribution >= 4 is 0 Å². The first kappa shape index (κ1) is 5.71. The van der Waals surface area contributed by atoms with Crippen molar-refractivity contribution in [3.8, 4) is 5.75 Å². The van der Waals surface area contributed by atoms with Gasteiger partial charge in [0.05, 0.1) is 0 Å². The molecule has 2 radical (unpaired) electrons. The second-order valence-electron chi connectivity index (χ2n) is 2.18. The number of benzene rings is 1. The van der Waals surface area contributed by atoms with Crippen LogP contribution in [0.3, 0.4) is 0 Å². The average Bonchev–Trinajstić information content (AvgIpc) is 2.33. The molecule has 0 unspecified atom stereocenters. The maximum Gasteiger partial charge on any atom is 0.201 e. The van der Waals surface area contributed by atoms with Gasteiger partial charge in [-0.2, -0.15) is 0 Å². The zero-order valence-electron chi connectivity index (χ0n) is 5.23. The molecule has 1 aromatic rings. The van der Waals surface area contributed by atoms with Crippen molar-refractivity contribution in [2.75, 3.05) is 0 Å². The largest absolute Gasteiger partial charge is 0.478 e. The molecule has 10 heavy (non-hydrogen) atoms.